The lowest BCUT2D eigenvalue weighted by Crippen LogP contribution is -2.44. The van der Waals surface area contributed by atoms with Crippen molar-refractivity contribution in [3.63, 3.8) is 0 Å². The van der Waals surface area contributed by atoms with Crippen LogP contribution in [0.2, 0.25) is 0 Å². The first-order chi connectivity index (χ1) is 21.4. The Labute approximate surface area is 257 Å². The van der Waals surface area contributed by atoms with Crippen LogP contribution in [0.1, 0.15) is 29.7 Å². The summed E-state index contributed by atoms with van der Waals surface area (Å²) >= 11 is 1.20. The second-order valence-electron chi connectivity index (χ2n) is 10.6. The van der Waals surface area contributed by atoms with Gasteiger partial charge >= 0.3 is 5.97 Å². The first-order valence-electron chi connectivity index (χ1n) is 14.4. The molecule has 4 aromatic rings. The van der Waals surface area contributed by atoms with E-state index in [2.05, 4.69) is 16.8 Å². The average molecular weight is 610 g/mol. The van der Waals surface area contributed by atoms with E-state index in [0.717, 1.165) is 43.0 Å². The number of carbonyl (C=O) groups excluding carboxylic acids is 1. The Morgan fingerprint density at radius 3 is 2.39 bits per heavy atom. The van der Waals surface area contributed by atoms with Crippen LogP contribution in [0.3, 0.4) is 0 Å². The third-order valence-corrected chi connectivity index (χ3v) is 8.82. The maximum absolute atomic E-state index is 14.3. The van der Waals surface area contributed by atoms with Crippen molar-refractivity contribution in [2.45, 2.75) is 13.0 Å². The van der Waals surface area contributed by atoms with Crippen LogP contribution in [0.25, 0.3) is 11.8 Å². The lowest BCUT2D eigenvalue weighted by atomic mass is 9.93. The fourth-order valence-corrected chi connectivity index (χ4v) is 6.63. The topological polar surface area (TPSA) is 110 Å². The summed E-state index contributed by atoms with van der Waals surface area (Å²) < 4.78 is 7.42. The molecular formula is C33H31N5O5S. The summed E-state index contributed by atoms with van der Waals surface area (Å²) in [4.78, 5) is 48.9. The normalized spacial score (nSPS) is 17.3. The molecule has 0 amide bonds. The predicted molar refractivity (Wildman–Crippen MR) is 170 cm³/mol. The van der Waals surface area contributed by atoms with Gasteiger partial charge in [-0.1, -0.05) is 72.0 Å². The van der Waals surface area contributed by atoms with Crippen molar-refractivity contribution in [1.82, 2.24) is 9.47 Å². The number of hydrogen-bond donors (Lipinski definition) is 0. The lowest BCUT2D eigenvalue weighted by molar-refractivity contribution is -0.384. The zero-order valence-corrected chi connectivity index (χ0v) is 25.2. The molecule has 11 heteroatoms. The van der Waals surface area contributed by atoms with Crippen molar-refractivity contribution < 1.29 is 14.5 Å². The van der Waals surface area contributed by atoms with Crippen molar-refractivity contribution in [1.29, 1.82) is 0 Å². The van der Waals surface area contributed by atoms with Gasteiger partial charge in [0, 0.05) is 55.1 Å². The summed E-state index contributed by atoms with van der Waals surface area (Å²) in [7, 11) is 2.06. The fourth-order valence-electron chi connectivity index (χ4n) is 5.64. The monoisotopic (exact) mass is 609 g/mol. The largest absolute Gasteiger partial charge is 0.463 e. The molecule has 44 heavy (non-hydrogen) atoms. The van der Waals surface area contributed by atoms with Crippen LogP contribution in [-0.2, 0) is 9.53 Å². The Balaban J connectivity index is 1.60. The number of hydrogen-bond acceptors (Lipinski definition) is 9. The highest BCUT2D eigenvalue weighted by molar-refractivity contribution is 7.07. The molecule has 2 aliphatic heterocycles. The zero-order valence-electron chi connectivity index (χ0n) is 24.4. The molecule has 0 spiro atoms. The number of nitro benzene ring substituents is 1. The van der Waals surface area contributed by atoms with E-state index in [1.165, 1.54) is 28.0 Å². The van der Waals surface area contributed by atoms with E-state index >= 15 is 0 Å². The number of rotatable bonds is 7. The number of benzene rings is 3. The number of aromatic nitrogens is 1. The highest BCUT2D eigenvalue weighted by Crippen LogP contribution is 2.35. The summed E-state index contributed by atoms with van der Waals surface area (Å²) in [6.07, 6.45) is 1.71. The van der Waals surface area contributed by atoms with Gasteiger partial charge in [0.05, 0.1) is 33.4 Å². The third-order valence-electron chi connectivity index (χ3n) is 7.84. The first-order valence-corrected chi connectivity index (χ1v) is 15.2. The average Bonchev–Trinajstić information content (AvgIpc) is 3.35. The van der Waals surface area contributed by atoms with Crippen LogP contribution in [0.5, 0.6) is 0 Å². The molecule has 3 aromatic carbocycles. The van der Waals surface area contributed by atoms with E-state index in [1.807, 2.05) is 60.7 Å². The van der Waals surface area contributed by atoms with Crippen LogP contribution in [0, 0.1) is 10.1 Å². The Kier molecular flexibility index (Phi) is 8.23. The molecule has 1 saturated heterocycles. The van der Waals surface area contributed by atoms with Gasteiger partial charge in [-0.05, 0) is 31.7 Å². The van der Waals surface area contributed by atoms with Crippen molar-refractivity contribution in [3.05, 3.63) is 131 Å². The highest BCUT2D eigenvalue weighted by atomic mass is 32.1. The number of nitrogens with zero attached hydrogens (tertiary/aromatic N) is 5. The summed E-state index contributed by atoms with van der Waals surface area (Å²) in [5, 5.41) is 11.7. The number of esters is 1. The molecule has 1 fully saturated rings. The fraction of sp³-hybridized carbons (Fsp3) is 0.242. The minimum absolute atomic E-state index is 0.0555. The van der Waals surface area contributed by atoms with E-state index < -0.39 is 16.9 Å². The Bertz CT molecular complexity index is 1930. The molecule has 1 atom stereocenters. The van der Waals surface area contributed by atoms with Crippen molar-refractivity contribution in [3.8, 4) is 0 Å². The summed E-state index contributed by atoms with van der Waals surface area (Å²) in [6.45, 7) is 5.13. The Morgan fingerprint density at radius 1 is 1.05 bits per heavy atom. The maximum Gasteiger partial charge on any atom is 0.338 e. The molecule has 0 radical (unpaired) electrons. The second kappa shape index (κ2) is 12.4. The SMILES string of the molecule is CCOC(=O)C1=C(c2ccccc2)N=c2sc(=Cc3cc([N+](=O)[O-])ccc3N3CCN(C)CC3)c(=O)n2[C@H]1c1ccccc1. The molecule has 224 valence electrons. The molecule has 2 aliphatic rings. The van der Waals surface area contributed by atoms with Crippen molar-refractivity contribution in [2.75, 3.05) is 44.7 Å². The number of likely N-dealkylation sites (N-methyl/N-ethyl adjacent to an activating group) is 1. The van der Waals surface area contributed by atoms with Crippen molar-refractivity contribution >= 4 is 40.5 Å². The number of ether oxygens (including phenoxy) is 1. The van der Waals surface area contributed by atoms with Gasteiger partial charge in [-0.3, -0.25) is 19.5 Å². The van der Waals surface area contributed by atoms with Crippen LogP contribution in [-0.4, -0.2) is 60.2 Å². The highest BCUT2D eigenvalue weighted by Gasteiger charge is 2.35. The quantitative estimate of drug-likeness (QED) is 0.179. The molecular weight excluding hydrogens is 578 g/mol. The predicted octanol–water partition coefficient (Wildman–Crippen LogP) is 3.60. The minimum Gasteiger partial charge on any atom is -0.463 e. The smallest absolute Gasteiger partial charge is 0.338 e. The molecule has 0 bridgehead atoms. The van der Waals surface area contributed by atoms with E-state index in [0.29, 0.717) is 20.6 Å². The summed E-state index contributed by atoms with van der Waals surface area (Å²) in [5.74, 6) is -0.547. The standard InChI is InChI=1S/C33H31N5O5S/c1-3-43-32(40)28-29(22-10-6-4-7-11-22)34-33-37(30(28)23-12-8-5-9-13-23)31(39)27(44-33)21-24-20-25(38(41)42)14-15-26(24)36-18-16-35(2)17-19-36/h4-15,20-21,30H,3,16-19H2,1-2H3/t30-/m0/s1. The Hall–Kier alpha value is -4.87. The minimum atomic E-state index is -0.786. The molecule has 6 rings (SSSR count). The number of carbonyl (C=O) groups is 1. The molecule has 1 aromatic heterocycles. The number of piperazine rings is 1. The number of thiazole rings is 1. The van der Waals surface area contributed by atoms with Gasteiger partial charge in [-0.2, -0.15) is 0 Å². The maximum atomic E-state index is 14.3. The molecule has 10 nitrogen and oxygen atoms in total. The Morgan fingerprint density at radius 2 is 1.73 bits per heavy atom. The molecule has 0 aliphatic carbocycles. The molecule has 3 heterocycles. The van der Waals surface area contributed by atoms with Gasteiger partial charge in [0.2, 0.25) is 0 Å². The van der Waals surface area contributed by atoms with E-state index in [1.54, 1.807) is 19.1 Å². The number of fused-ring (bicyclic) bond motifs is 1. The summed E-state index contributed by atoms with van der Waals surface area (Å²) in [5.41, 5.74) is 3.19. The van der Waals surface area contributed by atoms with E-state index in [4.69, 9.17) is 9.73 Å². The van der Waals surface area contributed by atoms with Crippen LogP contribution >= 0.6 is 11.3 Å². The molecule has 0 unspecified atom stereocenters. The van der Waals surface area contributed by atoms with E-state index in [-0.39, 0.29) is 23.4 Å². The van der Waals surface area contributed by atoms with E-state index in [9.17, 15) is 19.7 Å². The lowest BCUT2D eigenvalue weighted by Gasteiger charge is -2.34. The number of anilines is 1. The van der Waals surface area contributed by atoms with Gasteiger partial charge in [-0.25, -0.2) is 9.79 Å². The van der Waals surface area contributed by atoms with Gasteiger partial charge < -0.3 is 14.5 Å². The van der Waals surface area contributed by atoms with Crippen LogP contribution in [0.15, 0.2) is 94.2 Å². The second-order valence-corrected chi connectivity index (χ2v) is 11.6. The van der Waals surface area contributed by atoms with Gasteiger partial charge in [-0.15, -0.1) is 0 Å². The third kappa shape index (κ3) is 5.59. The number of non-ortho nitro benzene ring substituents is 1. The molecule has 0 N–H and O–H groups in total. The molecule has 0 saturated carbocycles. The van der Waals surface area contributed by atoms with Crippen LogP contribution in [0.4, 0.5) is 11.4 Å². The number of nitro groups is 1. The zero-order chi connectivity index (χ0) is 30.8. The van der Waals surface area contributed by atoms with Gasteiger partial charge in [0.15, 0.2) is 4.80 Å². The van der Waals surface area contributed by atoms with Crippen molar-refractivity contribution in [2.24, 2.45) is 4.99 Å². The van der Waals surface area contributed by atoms with Crippen LogP contribution < -0.4 is 19.8 Å². The summed E-state index contributed by atoms with van der Waals surface area (Å²) in [6, 6.07) is 22.7. The first kappa shape index (κ1) is 29.2. The van der Waals surface area contributed by atoms with Gasteiger partial charge in [0.1, 0.15) is 0 Å². The van der Waals surface area contributed by atoms with Gasteiger partial charge in [0.25, 0.3) is 11.2 Å².